The highest BCUT2D eigenvalue weighted by Gasteiger charge is 2.08. The Morgan fingerprint density at radius 1 is 0.929 bits per heavy atom. The minimum absolute atomic E-state index is 0. The highest BCUT2D eigenvalue weighted by atomic mass is 16.5. The summed E-state index contributed by atoms with van der Waals surface area (Å²) in [4.78, 5) is 0. The van der Waals surface area contributed by atoms with Crippen LogP contribution in [0.3, 0.4) is 0 Å². The van der Waals surface area contributed by atoms with Gasteiger partial charge in [-0.05, 0) is 19.8 Å². The van der Waals surface area contributed by atoms with E-state index < -0.39 is 0 Å². The third kappa shape index (κ3) is 14.4. The molecule has 0 aliphatic carbocycles. The summed E-state index contributed by atoms with van der Waals surface area (Å²) in [7, 11) is 3.48. The van der Waals surface area contributed by atoms with Crippen molar-refractivity contribution in [2.24, 2.45) is 0 Å². The van der Waals surface area contributed by atoms with Crippen LogP contribution in [-0.4, -0.2) is 26.4 Å². The largest absolute Gasteiger partial charge is 0.382 e. The molecule has 0 aromatic rings. The summed E-state index contributed by atoms with van der Waals surface area (Å²) >= 11 is 0. The van der Waals surface area contributed by atoms with Gasteiger partial charge in [-0.1, -0.05) is 36.6 Å². The smallest absolute Gasteiger partial charge is 0.0593 e. The molecule has 2 unspecified atom stereocenters. The molecule has 0 aliphatic rings. The van der Waals surface area contributed by atoms with Gasteiger partial charge < -0.3 is 9.47 Å². The molecule has 0 aliphatic heterocycles. The Hall–Kier alpha value is -0.0800. The molecule has 2 heteroatoms. The lowest BCUT2D eigenvalue weighted by molar-refractivity contribution is 0.0291. The van der Waals surface area contributed by atoms with Gasteiger partial charge in [0.15, 0.2) is 0 Å². The topological polar surface area (TPSA) is 18.5 Å². The van der Waals surface area contributed by atoms with E-state index in [9.17, 15) is 0 Å². The molecule has 0 heterocycles. The minimum atomic E-state index is 0. The Bertz CT molecular complexity index is 70.7. The molecule has 0 bridgehead atoms. The second kappa shape index (κ2) is 18.7. The van der Waals surface area contributed by atoms with Crippen LogP contribution in [0.4, 0.5) is 0 Å². The van der Waals surface area contributed by atoms with Gasteiger partial charge in [0, 0.05) is 14.2 Å². The van der Waals surface area contributed by atoms with Gasteiger partial charge in [0.1, 0.15) is 0 Å². The van der Waals surface area contributed by atoms with Gasteiger partial charge in [0.25, 0.3) is 0 Å². The lowest BCUT2D eigenvalue weighted by Crippen LogP contribution is -2.17. The van der Waals surface area contributed by atoms with Crippen molar-refractivity contribution in [2.45, 2.75) is 68.6 Å². The molecule has 14 heavy (non-hydrogen) atoms. The van der Waals surface area contributed by atoms with Crippen LogP contribution < -0.4 is 0 Å². The van der Waals surface area contributed by atoms with Crippen molar-refractivity contribution in [1.82, 2.24) is 0 Å². The van der Waals surface area contributed by atoms with Gasteiger partial charge in [-0.25, -0.2) is 0 Å². The van der Waals surface area contributed by atoms with E-state index in [0.717, 1.165) is 12.8 Å². The molecule has 0 fully saturated rings. The first-order valence-electron chi connectivity index (χ1n) is 3.80. The van der Waals surface area contributed by atoms with Crippen molar-refractivity contribution in [3.8, 4) is 0 Å². The molecular weight excluding hydrogens is 176 g/mol. The SMILES string of the molecule is C.C.C.C.CCC(CC(C)OC)OC. The summed E-state index contributed by atoms with van der Waals surface area (Å²) in [5.74, 6) is 0. The average molecular weight is 210 g/mol. The van der Waals surface area contributed by atoms with E-state index in [1.54, 1.807) is 14.2 Å². The number of ether oxygens (including phenoxy) is 2. The van der Waals surface area contributed by atoms with E-state index in [-0.39, 0.29) is 29.7 Å². The van der Waals surface area contributed by atoms with Gasteiger partial charge in [0.2, 0.25) is 0 Å². The van der Waals surface area contributed by atoms with E-state index >= 15 is 0 Å². The minimum Gasteiger partial charge on any atom is -0.382 e. The van der Waals surface area contributed by atoms with Crippen molar-refractivity contribution in [2.75, 3.05) is 14.2 Å². The van der Waals surface area contributed by atoms with Crippen LogP contribution in [0.1, 0.15) is 56.4 Å². The predicted molar refractivity (Wildman–Crippen MR) is 69.1 cm³/mol. The van der Waals surface area contributed by atoms with Crippen molar-refractivity contribution in [1.29, 1.82) is 0 Å². The maximum atomic E-state index is 5.19. The predicted octanol–water partition coefficient (Wildman–Crippen LogP) is 4.38. The Kier molecular flexibility index (Phi) is 38.9. The number of methoxy groups -OCH3 is 2. The van der Waals surface area contributed by atoms with Crippen LogP contribution in [0.2, 0.25) is 0 Å². The molecule has 0 N–H and O–H groups in total. The average Bonchev–Trinajstić information content (AvgIpc) is 1.99. The summed E-state index contributed by atoms with van der Waals surface area (Å²) in [6.45, 7) is 4.18. The van der Waals surface area contributed by atoms with E-state index in [0.29, 0.717) is 12.2 Å². The molecule has 0 radical (unpaired) electrons. The Balaban J connectivity index is -0.0000000675. The first kappa shape index (κ1) is 29.2. The van der Waals surface area contributed by atoms with Crippen molar-refractivity contribution >= 4 is 0 Å². The third-order valence-corrected chi connectivity index (χ3v) is 1.79. The zero-order valence-electron chi connectivity index (χ0n) is 7.39. The summed E-state index contributed by atoms with van der Waals surface area (Å²) in [6, 6.07) is 0. The number of hydrogen-bond acceptors (Lipinski definition) is 2. The van der Waals surface area contributed by atoms with Gasteiger partial charge in [0.05, 0.1) is 12.2 Å². The highest BCUT2D eigenvalue weighted by Crippen LogP contribution is 2.07. The van der Waals surface area contributed by atoms with Gasteiger partial charge >= 0.3 is 0 Å². The lowest BCUT2D eigenvalue weighted by atomic mass is 10.1. The molecule has 0 saturated heterocycles. The molecule has 0 amide bonds. The molecular formula is C12H34O2. The Labute approximate surface area is 93.0 Å². The fourth-order valence-electron chi connectivity index (χ4n) is 0.896. The van der Waals surface area contributed by atoms with Crippen molar-refractivity contribution in [3.05, 3.63) is 0 Å². The summed E-state index contributed by atoms with van der Waals surface area (Å²) in [5, 5.41) is 0. The lowest BCUT2D eigenvalue weighted by Gasteiger charge is -2.16. The second-order valence-corrected chi connectivity index (χ2v) is 2.55. The summed E-state index contributed by atoms with van der Waals surface area (Å²) in [6.07, 6.45) is 2.72. The zero-order valence-corrected chi connectivity index (χ0v) is 7.39. The first-order valence-corrected chi connectivity index (χ1v) is 3.80. The monoisotopic (exact) mass is 210 g/mol. The van der Waals surface area contributed by atoms with Gasteiger partial charge in [-0.3, -0.25) is 0 Å². The normalized spacial score (nSPS) is 12.0. The zero-order chi connectivity index (χ0) is 7.98. The molecule has 2 atom stereocenters. The molecule has 94 valence electrons. The maximum absolute atomic E-state index is 5.19. The van der Waals surface area contributed by atoms with Gasteiger partial charge in [-0.15, -0.1) is 0 Å². The van der Waals surface area contributed by atoms with Crippen molar-refractivity contribution in [3.63, 3.8) is 0 Å². The van der Waals surface area contributed by atoms with E-state index in [1.807, 2.05) is 0 Å². The maximum Gasteiger partial charge on any atom is 0.0593 e. The van der Waals surface area contributed by atoms with Crippen LogP contribution in [0, 0.1) is 0 Å². The fourth-order valence-corrected chi connectivity index (χ4v) is 0.896. The summed E-state index contributed by atoms with van der Waals surface area (Å²) < 4.78 is 10.3. The molecule has 0 aromatic carbocycles. The van der Waals surface area contributed by atoms with E-state index in [4.69, 9.17) is 9.47 Å². The van der Waals surface area contributed by atoms with Crippen LogP contribution in [0.5, 0.6) is 0 Å². The molecule has 0 rings (SSSR count). The molecule has 0 aromatic heterocycles. The molecule has 0 saturated carbocycles. The quantitative estimate of drug-likeness (QED) is 0.670. The van der Waals surface area contributed by atoms with E-state index in [1.165, 1.54) is 0 Å². The van der Waals surface area contributed by atoms with Crippen LogP contribution in [-0.2, 0) is 9.47 Å². The number of hydrogen-bond donors (Lipinski definition) is 0. The molecule has 2 nitrogen and oxygen atoms in total. The van der Waals surface area contributed by atoms with Crippen LogP contribution >= 0.6 is 0 Å². The van der Waals surface area contributed by atoms with Crippen LogP contribution in [0.25, 0.3) is 0 Å². The van der Waals surface area contributed by atoms with Gasteiger partial charge in [-0.2, -0.15) is 0 Å². The van der Waals surface area contributed by atoms with Crippen molar-refractivity contribution < 1.29 is 9.47 Å². The highest BCUT2D eigenvalue weighted by molar-refractivity contribution is 4.59. The third-order valence-electron chi connectivity index (χ3n) is 1.79. The first-order chi connectivity index (χ1) is 4.74. The number of rotatable bonds is 5. The van der Waals surface area contributed by atoms with E-state index in [2.05, 4.69) is 13.8 Å². The van der Waals surface area contributed by atoms with Crippen LogP contribution in [0.15, 0.2) is 0 Å². The molecule has 0 spiro atoms. The standard InChI is InChI=1S/C8H18O2.4CH4/c1-5-8(10-4)6-7(2)9-3;;;;/h7-8H,5-6H2,1-4H3;4*1H4. The second-order valence-electron chi connectivity index (χ2n) is 2.55. The Morgan fingerprint density at radius 3 is 1.57 bits per heavy atom. The fraction of sp³-hybridized carbons (Fsp3) is 1.00. The Morgan fingerprint density at radius 2 is 1.36 bits per heavy atom. The summed E-state index contributed by atoms with van der Waals surface area (Å²) in [5.41, 5.74) is 0.